The number of alkyl halides is 3. The van der Waals surface area contributed by atoms with Gasteiger partial charge in [0.15, 0.2) is 0 Å². The van der Waals surface area contributed by atoms with Gasteiger partial charge < -0.3 is 14.6 Å². The van der Waals surface area contributed by atoms with E-state index in [1.165, 1.54) is 48.7 Å². The van der Waals surface area contributed by atoms with Crippen LogP contribution in [0.2, 0.25) is 5.02 Å². The number of carbonyl (C=O) groups excluding carboxylic acids is 1. The fraction of sp³-hybridized carbons (Fsp3) is 0.143. The van der Waals surface area contributed by atoms with Crippen LogP contribution in [0.5, 0.6) is 17.2 Å². The standard InChI is InChI=1S/C28H19ClF3N3O5/c29-21-13-20-19(26(37)38)10-12-39-23(20)14-24(21)40-18-7-3-16(4-8-18)25(36)35-27-33-11-9-22(34-27)15-1-5-17(6-2-15)28(30,31)32/h1-9,11,13-14,19H,10,12H2,(H,37,38)(H,33,34,35,36). The topological polar surface area (TPSA) is 111 Å². The third-order valence-electron chi connectivity index (χ3n) is 6.14. The maximum Gasteiger partial charge on any atom is 0.416 e. The van der Waals surface area contributed by atoms with E-state index in [9.17, 15) is 27.9 Å². The summed E-state index contributed by atoms with van der Waals surface area (Å²) < 4.78 is 49.9. The molecule has 3 aromatic carbocycles. The fourth-order valence-corrected chi connectivity index (χ4v) is 4.32. The van der Waals surface area contributed by atoms with E-state index < -0.39 is 29.5 Å². The summed E-state index contributed by atoms with van der Waals surface area (Å²) in [5.41, 5.74) is 0.730. The zero-order valence-corrected chi connectivity index (χ0v) is 21.2. The molecule has 0 radical (unpaired) electrons. The molecule has 2 heterocycles. The second-order valence-corrected chi connectivity index (χ2v) is 9.18. The van der Waals surface area contributed by atoms with Crippen molar-refractivity contribution in [2.75, 3.05) is 11.9 Å². The molecule has 5 rings (SSSR count). The van der Waals surface area contributed by atoms with E-state index in [0.717, 1.165) is 12.1 Å². The number of carboxylic acid groups (broad SMARTS) is 1. The lowest BCUT2D eigenvalue weighted by atomic mass is 9.93. The Balaban J connectivity index is 1.27. The molecule has 1 aliphatic heterocycles. The average Bonchev–Trinajstić information content (AvgIpc) is 2.93. The molecule has 2 N–H and O–H groups in total. The Morgan fingerprint density at radius 2 is 1.77 bits per heavy atom. The number of rotatable bonds is 6. The highest BCUT2D eigenvalue weighted by molar-refractivity contribution is 6.32. The quantitative estimate of drug-likeness (QED) is 0.262. The largest absolute Gasteiger partial charge is 0.493 e. The number of nitrogens with one attached hydrogen (secondary N) is 1. The Morgan fingerprint density at radius 3 is 2.45 bits per heavy atom. The highest BCUT2D eigenvalue weighted by Crippen LogP contribution is 2.42. The maximum absolute atomic E-state index is 12.8. The lowest BCUT2D eigenvalue weighted by Crippen LogP contribution is -2.20. The summed E-state index contributed by atoms with van der Waals surface area (Å²) in [6.07, 6.45) is -2.72. The van der Waals surface area contributed by atoms with E-state index >= 15 is 0 Å². The molecule has 0 saturated heterocycles. The summed E-state index contributed by atoms with van der Waals surface area (Å²) in [4.78, 5) is 32.5. The van der Waals surface area contributed by atoms with Crippen LogP contribution in [-0.2, 0) is 11.0 Å². The molecule has 204 valence electrons. The molecule has 1 aromatic heterocycles. The Hall–Kier alpha value is -4.64. The summed E-state index contributed by atoms with van der Waals surface area (Å²) in [5.74, 6) is -1.21. The van der Waals surface area contributed by atoms with Gasteiger partial charge in [0.1, 0.15) is 17.2 Å². The van der Waals surface area contributed by atoms with Crippen molar-refractivity contribution < 1.29 is 37.3 Å². The van der Waals surface area contributed by atoms with Crippen molar-refractivity contribution in [1.82, 2.24) is 9.97 Å². The predicted molar refractivity (Wildman–Crippen MR) is 139 cm³/mol. The van der Waals surface area contributed by atoms with Gasteiger partial charge >= 0.3 is 12.1 Å². The average molecular weight is 570 g/mol. The van der Waals surface area contributed by atoms with Crippen molar-refractivity contribution in [2.24, 2.45) is 0 Å². The van der Waals surface area contributed by atoms with Gasteiger partial charge in [-0.25, -0.2) is 9.97 Å². The minimum absolute atomic E-state index is 0.0248. The van der Waals surface area contributed by atoms with Gasteiger partial charge in [-0.1, -0.05) is 23.7 Å². The van der Waals surface area contributed by atoms with E-state index in [-0.39, 0.29) is 28.9 Å². The summed E-state index contributed by atoms with van der Waals surface area (Å²) >= 11 is 6.34. The van der Waals surface area contributed by atoms with Crippen LogP contribution >= 0.6 is 11.6 Å². The first-order chi connectivity index (χ1) is 19.1. The molecule has 8 nitrogen and oxygen atoms in total. The SMILES string of the molecule is O=C(Nc1nccc(-c2ccc(C(F)(F)F)cc2)n1)c1ccc(Oc2cc3c(cc2Cl)C(C(=O)O)CCO3)cc1. The molecule has 1 amide bonds. The third kappa shape index (κ3) is 5.84. The number of carbonyl (C=O) groups is 2. The molecule has 0 bridgehead atoms. The van der Waals surface area contributed by atoms with Crippen molar-refractivity contribution in [3.05, 3.63) is 94.6 Å². The van der Waals surface area contributed by atoms with Crippen LogP contribution in [0.25, 0.3) is 11.3 Å². The maximum atomic E-state index is 12.8. The number of halogens is 4. The number of anilines is 1. The number of nitrogens with zero attached hydrogens (tertiary/aromatic N) is 2. The molecule has 1 atom stereocenters. The smallest absolute Gasteiger partial charge is 0.416 e. The van der Waals surface area contributed by atoms with Crippen LogP contribution in [-0.4, -0.2) is 33.6 Å². The number of aliphatic carboxylic acids is 1. The van der Waals surface area contributed by atoms with Gasteiger partial charge in [-0.3, -0.25) is 14.9 Å². The Kier molecular flexibility index (Phi) is 7.31. The van der Waals surface area contributed by atoms with Gasteiger partial charge in [0.25, 0.3) is 5.91 Å². The van der Waals surface area contributed by atoms with E-state index in [2.05, 4.69) is 15.3 Å². The molecule has 0 aliphatic carbocycles. The van der Waals surface area contributed by atoms with Gasteiger partial charge in [-0.05, 0) is 55.0 Å². The molecule has 1 aliphatic rings. The molecule has 0 fully saturated rings. The second kappa shape index (κ2) is 10.9. The summed E-state index contributed by atoms with van der Waals surface area (Å²) in [5, 5.41) is 12.2. The molecule has 40 heavy (non-hydrogen) atoms. The van der Waals surface area contributed by atoms with Crippen molar-refractivity contribution in [3.8, 4) is 28.5 Å². The number of aromatic nitrogens is 2. The van der Waals surface area contributed by atoms with Gasteiger partial charge in [0.05, 0.1) is 28.8 Å². The van der Waals surface area contributed by atoms with E-state index in [1.807, 2.05) is 0 Å². The van der Waals surface area contributed by atoms with E-state index in [1.54, 1.807) is 12.1 Å². The summed E-state index contributed by atoms with van der Waals surface area (Å²) in [6.45, 7) is 0.256. The van der Waals surface area contributed by atoms with Gasteiger partial charge in [0.2, 0.25) is 5.95 Å². The third-order valence-corrected chi connectivity index (χ3v) is 6.43. The number of hydrogen-bond acceptors (Lipinski definition) is 6. The normalized spacial score (nSPS) is 14.6. The first kappa shape index (κ1) is 26.9. The number of benzene rings is 3. The minimum atomic E-state index is -4.45. The fourth-order valence-electron chi connectivity index (χ4n) is 4.11. The van der Waals surface area contributed by atoms with Gasteiger partial charge in [0, 0.05) is 29.0 Å². The Bertz CT molecular complexity index is 1580. The molecule has 0 saturated carbocycles. The van der Waals surface area contributed by atoms with Crippen molar-refractivity contribution in [1.29, 1.82) is 0 Å². The second-order valence-electron chi connectivity index (χ2n) is 8.77. The number of hydrogen-bond donors (Lipinski definition) is 2. The number of amides is 1. The summed E-state index contributed by atoms with van der Waals surface area (Å²) in [6, 6.07) is 15.2. The van der Waals surface area contributed by atoms with Crippen molar-refractivity contribution in [3.63, 3.8) is 0 Å². The van der Waals surface area contributed by atoms with Crippen LogP contribution in [0, 0.1) is 0 Å². The molecule has 12 heteroatoms. The monoisotopic (exact) mass is 569 g/mol. The summed E-state index contributed by atoms with van der Waals surface area (Å²) in [7, 11) is 0. The zero-order valence-electron chi connectivity index (χ0n) is 20.4. The van der Waals surface area contributed by atoms with Crippen molar-refractivity contribution in [2.45, 2.75) is 18.5 Å². The van der Waals surface area contributed by atoms with Gasteiger partial charge in [-0.15, -0.1) is 0 Å². The lowest BCUT2D eigenvalue weighted by molar-refractivity contribution is -0.139. The van der Waals surface area contributed by atoms with Crippen LogP contribution in [0.4, 0.5) is 19.1 Å². The zero-order chi connectivity index (χ0) is 28.4. The highest BCUT2D eigenvalue weighted by atomic mass is 35.5. The first-order valence-electron chi connectivity index (χ1n) is 11.9. The number of carboxylic acids is 1. The Morgan fingerprint density at radius 1 is 1.05 bits per heavy atom. The van der Waals surface area contributed by atoms with E-state index in [4.69, 9.17) is 21.1 Å². The molecular formula is C28H19ClF3N3O5. The number of fused-ring (bicyclic) bond motifs is 1. The van der Waals surface area contributed by atoms with Crippen LogP contribution in [0.1, 0.15) is 33.8 Å². The Labute approximate surface area is 230 Å². The van der Waals surface area contributed by atoms with E-state index in [0.29, 0.717) is 34.7 Å². The van der Waals surface area contributed by atoms with Gasteiger partial charge in [-0.2, -0.15) is 13.2 Å². The molecule has 0 spiro atoms. The first-order valence-corrected chi connectivity index (χ1v) is 12.3. The number of ether oxygens (including phenoxy) is 2. The lowest BCUT2D eigenvalue weighted by Gasteiger charge is -2.24. The molecule has 4 aromatic rings. The van der Waals surface area contributed by atoms with Crippen LogP contribution in [0.15, 0.2) is 72.9 Å². The van der Waals surface area contributed by atoms with Crippen LogP contribution < -0.4 is 14.8 Å². The molecule has 1 unspecified atom stereocenters. The molecular weight excluding hydrogens is 551 g/mol. The highest BCUT2D eigenvalue weighted by Gasteiger charge is 2.30. The van der Waals surface area contributed by atoms with Crippen LogP contribution in [0.3, 0.4) is 0 Å². The van der Waals surface area contributed by atoms with Crippen molar-refractivity contribution >= 4 is 29.4 Å². The minimum Gasteiger partial charge on any atom is -0.493 e. The predicted octanol–water partition coefficient (Wildman–Crippen LogP) is 6.81.